The molecule has 0 amide bonds. The molecule has 82 heavy (non-hydrogen) atoms. The molecule has 0 radical (unpaired) electrons. The third-order valence-corrected chi connectivity index (χ3v) is 16.9. The lowest BCUT2D eigenvalue weighted by Crippen LogP contribution is -2.30. The van der Waals surface area contributed by atoms with Crippen molar-refractivity contribution < 1.29 is 28.6 Å². The summed E-state index contributed by atoms with van der Waals surface area (Å²) in [6, 6.07) is 0. The lowest BCUT2D eigenvalue weighted by molar-refractivity contribution is -0.167. The minimum absolute atomic E-state index is 0.0671. The number of hydrogen-bond donors (Lipinski definition) is 0. The third kappa shape index (κ3) is 68.4. The number of carbonyl (C=O) groups excluding carboxylic acids is 3. The van der Waals surface area contributed by atoms with Gasteiger partial charge >= 0.3 is 17.9 Å². The monoisotopic (exact) mass is 1150 g/mol. The highest BCUT2D eigenvalue weighted by Gasteiger charge is 2.19. The smallest absolute Gasteiger partial charge is 0.306 e. The summed E-state index contributed by atoms with van der Waals surface area (Å²) < 4.78 is 16.8. The first kappa shape index (κ1) is 79.6. The van der Waals surface area contributed by atoms with E-state index >= 15 is 0 Å². The molecule has 0 aromatic heterocycles. The van der Waals surface area contributed by atoms with Gasteiger partial charge in [0.05, 0.1) is 0 Å². The molecular formula is C76H142O6. The molecule has 6 heteroatoms. The van der Waals surface area contributed by atoms with Crippen molar-refractivity contribution in [2.24, 2.45) is 0 Å². The summed E-state index contributed by atoms with van der Waals surface area (Å²) >= 11 is 0. The Balaban J connectivity index is 3.91. The van der Waals surface area contributed by atoms with Gasteiger partial charge in [-0.15, -0.1) is 0 Å². The zero-order chi connectivity index (χ0) is 59.2. The van der Waals surface area contributed by atoms with Gasteiger partial charge in [-0.2, -0.15) is 0 Å². The summed E-state index contributed by atoms with van der Waals surface area (Å²) in [4.78, 5) is 38.1. The second kappa shape index (κ2) is 71.1. The molecule has 6 nitrogen and oxygen atoms in total. The molecule has 0 bridgehead atoms. The maximum atomic E-state index is 12.9. The van der Waals surface area contributed by atoms with Crippen LogP contribution < -0.4 is 0 Å². The quantitative estimate of drug-likeness (QED) is 0.0261. The molecule has 1 atom stereocenters. The lowest BCUT2D eigenvalue weighted by Gasteiger charge is -2.18. The zero-order valence-electron chi connectivity index (χ0n) is 55.5. The molecule has 0 heterocycles. The Morgan fingerprint density at radius 2 is 0.439 bits per heavy atom. The van der Waals surface area contributed by atoms with Crippen LogP contribution in [0.2, 0.25) is 0 Å². The van der Waals surface area contributed by atoms with Gasteiger partial charge in [0.25, 0.3) is 0 Å². The van der Waals surface area contributed by atoms with Crippen LogP contribution in [0.25, 0.3) is 0 Å². The van der Waals surface area contributed by atoms with Crippen molar-refractivity contribution in [2.45, 2.75) is 419 Å². The Kier molecular flexibility index (Phi) is 69.1. The summed E-state index contributed by atoms with van der Waals surface area (Å²) in [7, 11) is 0. The first-order valence-corrected chi connectivity index (χ1v) is 37.0. The fourth-order valence-electron chi connectivity index (χ4n) is 11.3. The minimum Gasteiger partial charge on any atom is -0.462 e. The topological polar surface area (TPSA) is 78.9 Å². The van der Waals surface area contributed by atoms with Crippen LogP contribution in [0.4, 0.5) is 0 Å². The van der Waals surface area contributed by atoms with Crippen molar-refractivity contribution in [1.29, 1.82) is 0 Å². The van der Waals surface area contributed by atoms with E-state index in [0.717, 1.165) is 77.0 Å². The molecule has 0 aliphatic heterocycles. The number of unbranched alkanes of at least 4 members (excludes halogenated alkanes) is 52. The van der Waals surface area contributed by atoms with Crippen molar-refractivity contribution in [3.05, 3.63) is 36.5 Å². The van der Waals surface area contributed by atoms with Crippen LogP contribution in [0.1, 0.15) is 412 Å². The lowest BCUT2D eigenvalue weighted by atomic mass is 10.0. The van der Waals surface area contributed by atoms with E-state index in [-0.39, 0.29) is 31.1 Å². The van der Waals surface area contributed by atoms with Crippen molar-refractivity contribution in [3.8, 4) is 0 Å². The molecule has 0 aromatic rings. The molecule has 0 aromatic carbocycles. The van der Waals surface area contributed by atoms with Gasteiger partial charge in [0.1, 0.15) is 13.2 Å². The zero-order valence-corrected chi connectivity index (χ0v) is 55.5. The summed E-state index contributed by atoms with van der Waals surface area (Å²) in [5, 5.41) is 0. The molecule has 0 saturated carbocycles. The van der Waals surface area contributed by atoms with Gasteiger partial charge in [0.2, 0.25) is 0 Å². The van der Waals surface area contributed by atoms with E-state index in [1.54, 1.807) is 0 Å². The van der Waals surface area contributed by atoms with E-state index in [9.17, 15) is 14.4 Å². The Morgan fingerprint density at radius 1 is 0.244 bits per heavy atom. The van der Waals surface area contributed by atoms with Crippen LogP contribution in [0.15, 0.2) is 36.5 Å². The molecule has 0 fully saturated rings. The normalized spacial score (nSPS) is 12.2. The van der Waals surface area contributed by atoms with Gasteiger partial charge in [-0.1, -0.05) is 372 Å². The Bertz CT molecular complexity index is 1370. The van der Waals surface area contributed by atoms with Gasteiger partial charge in [0, 0.05) is 19.3 Å². The second-order valence-electron chi connectivity index (χ2n) is 25.2. The van der Waals surface area contributed by atoms with Gasteiger partial charge in [-0.05, 0) is 57.8 Å². The number of hydrogen-bond acceptors (Lipinski definition) is 6. The SMILES string of the molecule is CCCCCCC/C=C\C/C=C\C/C=C\CCCCCCCCCCCCCCCCC(=O)OC(COC(=O)CCCCCCC)COC(=O)CCCCCCCCCCCCCCCCCCCCCCCCCCCCCCCC. The molecule has 1 unspecified atom stereocenters. The minimum atomic E-state index is -0.767. The van der Waals surface area contributed by atoms with E-state index in [1.807, 2.05) is 0 Å². The number of allylic oxidation sites excluding steroid dienone is 6. The third-order valence-electron chi connectivity index (χ3n) is 16.9. The van der Waals surface area contributed by atoms with Crippen LogP contribution in [0.5, 0.6) is 0 Å². The Morgan fingerprint density at radius 3 is 0.683 bits per heavy atom. The van der Waals surface area contributed by atoms with Gasteiger partial charge in [-0.3, -0.25) is 14.4 Å². The first-order chi connectivity index (χ1) is 40.5. The predicted molar refractivity (Wildman–Crippen MR) is 358 cm³/mol. The molecular weight excluding hydrogens is 1010 g/mol. The summed E-state index contributed by atoms with van der Waals surface area (Å²) in [5.74, 6) is -0.855. The highest BCUT2D eigenvalue weighted by atomic mass is 16.6. The standard InChI is InChI=1S/C76H142O6/c1-4-7-10-13-15-17-19-21-23-25-27-29-31-33-35-37-39-40-42-44-46-48-50-52-54-56-58-60-63-66-69-75(78)81-72-73(71-80-74(77)68-65-62-12-9-6-3)82-76(79)70-67-64-61-59-57-55-53-51-49-47-45-43-41-38-36-34-32-30-28-26-24-22-20-18-16-14-11-8-5-2/h20,22,26,28,32,34,73H,4-19,21,23-25,27,29-31,33,35-72H2,1-3H3/b22-20-,28-26-,34-32-. The van der Waals surface area contributed by atoms with Crippen LogP contribution in [0, 0.1) is 0 Å². The average Bonchev–Trinajstić information content (AvgIpc) is 3.47. The van der Waals surface area contributed by atoms with Crippen molar-refractivity contribution in [2.75, 3.05) is 13.2 Å². The Hall–Kier alpha value is -2.37. The maximum Gasteiger partial charge on any atom is 0.306 e. The van der Waals surface area contributed by atoms with Gasteiger partial charge in [0.15, 0.2) is 6.10 Å². The maximum absolute atomic E-state index is 12.9. The van der Waals surface area contributed by atoms with Crippen LogP contribution in [-0.4, -0.2) is 37.2 Å². The number of carbonyl (C=O) groups is 3. The fraction of sp³-hybridized carbons (Fsp3) is 0.882. The van der Waals surface area contributed by atoms with Gasteiger partial charge in [-0.25, -0.2) is 0 Å². The van der Waals surface area contributed by atoms with Gasteiger partial charge < -0.3 is 14.2 Å². The van der Waals surface area contributed by atoms with E-state index < -0.39 is 6.10 Å². The highest BCUT2D eigenvalue weighted by Crippen LogP contribution is 2.19. The molecule has 0 spiro atoms. The second-order valence-corrected chi connectivity index (χ2v) is 25.2. The van der Waals surface area contributed by atoms with Crippen molar-refractivity contribution in [3.63, 3.8) is 0 Å². The molecule has 482 valence electrons. The van der Waals surface area contributed by atoms with E-state index in [0.29, 0.717) is 19.3 Å². The highest BCUT2D eigenvalue weighted by molar-refractivity contribution is 5.71. The number of rotatable bonds is 69. The largest absolute Gasteiger partial charge is 0.462 e. The molecule has 0 rings (SSSR count). The molecule has 0 aliphatic rings. The number of esters is 3. The molecule has 0 aliphatic carbocycles. The summed E-state index contributed by atoms with van der Waals surface area (Å²) in [6.45, 7) is 6.62. The predicted octanol–water partition coefficient (Wildman–Crippen LogP) is 25.5. The first-order valence-electron chi connectivity index (χ1n) is 37.0. The van der Waals surface area contributed by atoms with Crippen molar-refractivity contribution in [1.82, 2.24) is 0 Å². The molecule has 0 N–H and O–H groups in total. The number of ether oxygens (including phenoxy) is 3. The Labute approximate surface area is 512 Å². The average molecular weight is 1150 g/mol. The van der Waals surface area contributed by atoms with E-state index in [2.05, 4.69) is 57.2 Å². The molecule has 0 saturated heterocycles. The van der Waals surface area contributed by atoms with E-state index in [4.69, 9.17) is 14.2 Å². The summed E-state index contributed by atoms with van der Waals surface area (Å²) in [5.41, 5.74) is 0. The fourth-order valence-corrected chi connectivity index (χ4v) is 11.3. The van der Waals surface area contributed by atoms with Crippen LogP contribution in [0.3, 0.4) is 0 Å². The van der Waals surface area contributed by atoms with Crippen molar-refractivity contribution >= 4 is 17.9 Å². The van der Waals surface area contributed by atoms with E-state index in [1.165, 1.54) is 295 Å². The van der Waals surface area contributed by atoms with Crippen LogP contribution >= 0.6 is 0 Å². The summed E-state index contributed by atoms with van der Waals surface area (Å²) in [6.07, 6.45) is 89.7. The van der Waals surface area contributed by atoms with Crippen LogP contribution in [-0.2, 0) is 28.6 Å².